The van der Waals surface area contributed by atoms with Crippen LogP contribution in [-0.4, -0.2) is 28.5 Å². The third-order valence-electron chi connectivity index (χ3n) is 5.34. The summed E-state index contributed by atoms with van der Waals surface area (Å²) in [5.74, 6) is 0.755. The van der Waals surface area contributed by atoms with Crippen molar-refractivity contribution in [2.75, 3.05) is 7.11 Å². The first-order chi connectivity index (χ1) is 16.6. The normalized spacial score (nSPS) is 11.7. The summed E-state index contributed by atoms with van der Waals surface area (Å²) in [5.41, 5.74) is 2.21. The Morgan fingerprint density at radius 2 is 1.17 bits per heavy atom. The monoisotopic (exact) mass is 510 g/mol. The molecule has 4 rings (SSSR count). The lowest BCUT2D eigenvalue weighted by atomic mass is 10.1. The molecule has 0 aliphatic carbocycles. The topological polar surface area (TPSA) is 107 Å². The number of hydrogen-bond acceptors (Lipinski definition) is 6. The molecular formula is C26H22O7S2. The lowest BCUT2D eigenvalue weighted by Crippen LogP contribution is -2.03. The third kappa shape index (κ3) is 5.37. The van der Waals surface area contributed by atoms with Crippen LogP contribution in [0.15, 0.2) is 106 Å². The van der Waals surface area contributed by atoms with Crippen LogP contribution in [0.2, 0.25) is 0 Å². The molecule has 4 aromatic rings. The first-order valence-corrected chi connectivity index (χ1v) is 13.4. The van der Waals surface area contributed by atoms with Gasteiger partial charge in [0.2, 0.25) is 9.84 Å². The minimum Gasteiger partial charge on any atom is -0.497 e. The molecule has 35 heavy (non-hydrogen) atoms. The predicted octanol–water partition coefficient (Wildman–Crippen LogP) is 5.54. The molecule has 7 nitrogen and oxygen atoms in total. The highest BCUT2D eigenvalue weighted by Gasteiger charge is 2.20. The van der Waals surface area contributed by atoms with Crippen LogP contribution in [0.5, 0.6) is 17.2 Å². The van der Waals surface area contributed by atoms with Crippen LogP contribution in [0.25, 0.3) is 11.1 Å². The maximum atomic E-state index is 12.9. The quantitative estimate of drug-likeness (QED) is 0.325. The summed E-state index contributed by atoms with van der Waals surface area (Å²) in [6.45, 7) is 1.87. The molecule has 0 fully saturated rings. The number of benzene rings is 4. The number of aryl methyl sites for hydroxylation is 1. The Balaban J connectivity index is 1.63. The Hall–Kier alpha value is -3.66. The highest BCUT2D eigenvalue weighted by Crippen LogP contribution is 2.34. The molecule has 0 radical (unpaired) electrons. The molecule has 0 saturated carbocycles. The summed E-state index contributed by atoms with van der Waals surface area (Å²) >= 11 is 0. The van der Waals surface area contributed by atoms with Crippen molar-refractivity contribution >= 4 is 20.0 Å². The molecule has 180 valence electrons. The first kappa shape index (κ1) is 24.5. The van der Waals surface area contributed by atoms with E-state index in [1.54, 1.807) is 49.6 Å². The van der Waals surface area contributed by atoms with E-state index in [0.717, 1.165) is 5.56 Å². The minimum atomic E-state index is -4.61. The summed E-state index contributed by atoms with van der Waals surface area (Å²) in [6.07, 6.45) is 0. The van der Waals surface area contributed by atoms with Crippen molar-refractivity contribution in [3.63, 3.8) is 0 Å². The van der Waals surface area contributed by atoms with Crippen LogP contribution in [0, 0.1) is 6.92 Å². The van der Waals surface area contributed by atoms with Gasteiger partial charge in [0.25, 0.3) is 10.1 Å². The van der Waals surface area contributed by atoms with E-state index in [-0.39, 0.29) is 21.3 Å². The summed E-state index contributed by atoms with van der Waals surface area (Å²) < 4.78 is 70.5. The van der Waals surface area contributed by atoms with Crippen LogP contribution >= 0.6 is 0 Å². The highest BCUT2D eigenvalue weighted by molar-refractivity contribution is 7.91. The van der Waals surface area contributed by atoms with Crippen molar-refractivity contribution < 1.29 is 30.9 Å². The molecule has 9 heteroatoms. The molecule has 0 atom stereocenters. The van der Waals surface area contributed by atoms with Gasteiger partial charge in [-0.15, -0.1) is 0 Å². The first-order valence-electron chi connectivity index (χ1n) is 10.4. The Kier molecular flexibility index (Phi) is 6.66. The van der Waals surface area contributed by atoms with Gasteiger partial charge in [0.15, 0.2) is 0 Å². The fraction of sp³-hybridized carbons (Fsp3) is 0.0769. The summed E-state index contributed by atoms with van der Waals surface area (Å²) in [7, 11) is -6.79. The Morgan fingerprint density at radius 1 is 0.657 bits per heavy atom. The molecule has 0 aliphatic rings. The highest BCUT2D eigenvalue weighted by atomic mass is 32.2. The summed E-state index contributed by atoms with van der Waals surface area (Å²) in [6, 6.07) is 23.5. The SMILES string of the molecule is COc1ccc(-c2ccc(Oc3ccc(S(=O)(=O)c4ccc(C)cc4)cc3)c(S(=O)(=O)O)c2)cc1. The number of rotatable bonds is 7. The maximum Gasteiger partial charge on any atom is 0.298 e. The van der Waals surface area contributed by atoms with Crippen molar-refractivity contribution in [1.29, 1.82) is 0 Å². The minimum absolute atomic E-state index is 0.0681. The average Bonchev–Trinajstić information content (AvgIpc) is 2.84. The summed E-state index contributed by atoms with van der Waals surface area (Å²) in [4.78, 5) is -0.180. The molecule has 0 unspecified atom stereocenters. The van der Waals surface area contributed by atoms with Crippen LogP contribution in [0.4, 0.5) is 0 Å². The Labute approximate surface area is 204 Å². The molecule has 1 N–H and O–H groups in total. The number of methoxy groups -OCH3 is 1. The van der Waals surface area contributed by atoms with Gasteiger partial charge in [-0.1, -0.05) is 35.9 Å². The second-order valence-electron chi connectivity index (χ2n) is 7.76. The van der Waals surface area contributed by atoms with Crippen LogP contribution in [0.1, 0.15) is 5.56 Å². The molecule has 0 saturated heterocycles. The smallest absolute Gasteiger partial charge is 0.298 e. The van der Waals surface area contributed by atoms with Crippen molar-refractivity contribution in [2.45, 2.75) is 21.6 Å². The van der Waals surface area contributed by atoms with E-state index in [0.29, 0.717) is 16.9 Å². The predicted molar refractivity (Wildman–Crippen MR) is 131 cm³/mol. The summed E-state index contributed by atoms with van der Waals surface area (Å²) in [5, 5.41) is 0. The molecule has 4 aromatic carbocycles. The van der Waals surface area contributed by atoms with E-state index in [9.17, 15) is 21.4 Å². The van der Waals surface area contributed by atoms with Crippen molar-refractivity contribution in [1.82, 2.24) is 0 Å². The second-order valence-corrected chi connectivity index (χ2v) is 11.1. The van der Waals surface area contributed by atoms with E-state index >= 15 is 0 Å². The van der Waals surface area contributed by atoms with Crippen molar-refractivity contribution in [3.05, 3.63) is 96.6 Å². The van der Waals surface area contributed by atoms with Gasteiger partial charge in [0, 0.05) is 0 Å². The van der Waals surface area contributed by atoms with Crippen LogP contribution < -0.4 is 9.47 Å². The van der Waals surface area contributed by atoms with E-state index in [1.807, 2.05) is 6.92 Å². The number of hydrogen-bond donors (Lipinski definition) is 1. The lowest BCUT2D eigenvalue weighted by Gasteiger charge is -2.12. The Bertz CT molecular complexity index is 1560. The van der Waals surface area contributed by atoms with Crippen molar-refractivity contribution in [3.8, 4) is 28.4 Å². The van der Waals surface area contributed by atoms with E-state index in [2.05, 4.69) is 0 Å². The largest absolute Gasteiger partial charge is 0.497 e. The fourth-order valence-electron chi connectivity index (χ4n) is 3.42. The standard InChI is InChI=1S/C26H22O7S2/c1-18-3-12-23(13-4-18)34(27,28)24-14-10-22(11-15-24)33-25-16-7-20(17-26(25)35(29,30)31)19-5-8-21(32-2)9-6-19/h3-17H,1-2H3,(H,29,30,31). The van der Waals surface area contributed by atoms with Gasteiger partial charge in [0.1, 0.15) is 22.1 Å². The molecular weight excluding hydrogens is 488 g/mol. The fourth-order valence-corrected chi connectivity index (χ4v) is 5.33. The molecule has 0 spiro atoms. The maximum absolute atomic E-state index is 12.9. The van der Waals surface area contributed by atoms with Crippen molar-refractivity contribution in [2.24, 2.45) is 0 Å². The molecule has 0 bridgehead atoms. The van der Waals surface area contributed by atoms with Gasteiger partial charge in [0.05, 0.1) is 16.9 Å². The van der Waals surface area contributed by atoms with Crippen LogP contribution in [-0.2, 0) is 20.0 Å². The lowest BCUT2D eigenvalue weighted by molar-refractivity contribution is 0.415. The molecule has 0 amide bonds. The average molecular weight is 511 g/mol. The number of sulfone groups is 1. The van der Waals surface area contributed by atoms with Gasteiger partial charge in [-0.2, -0.15) is 8.42 Å². The van der Waals surface area contributed by atoms with Gasteiger partial charge in [-0.3, -0.25) is 4.55 Å². The molecule has 0 aliphatic heterocycles. The van der Waals surface area contributed by atoms with Gasteiger partial charge >= 0.3 is 0 Å². The van der Waals surface area contributed by atoms with E-state index < -0.39 is 24.9 Å². The zero-order valence-corrected chi connectivity index (χ0v) is 20.5. The van der Waals surface area contributed by atoms with E-state index in [1.165, 1.54) is 48.5 Å². The zero-order chi connectivity index (χ0) is 25.2. The Morgan fingerprint density at radius 3 is 1.71 bits per heavy atom. The van der Waals surface area contributed by atoms with Gasteiger partial charge in [-0.25, -0.2) is 8.42 Å². The van der Waals surface area contributed by atoms with Gasteiger partial charge in [-0.05, 0) is 78.7 Å². The van der Waals surface area contributed by atoms with Crippen LogP contribution in [0.3, 0.4) is 0 Å². The second kappa shape index (κ2) is 9.53. The van der Waals surface area contributed by atoms with Gasteiger partial charge < -0.3 is 9.47 Å². The molecule has 0 aromatic heterocycles. The van der Waals surface area contributed by atoms with E-state index in [4.69, 9.17) is 9.47 Å². The number of ether oxygens (including phenoxy) is 2. The third-order valence-corrected chi connectivity index (χ3v) is 8.00. The zero-order valence-electron chi connectivity index (χ0n) is 18.9. The molecule has 0 heterocycles.